The number of aromatic carboxylic acids is 4. The monoisotopic (exact) mass is 538 g/mol. The predicted molar refractivity (Wildman–Crippen MR) is 140 cm³/mol. The Balaban J connectivity index is 1.42. The lowest BCUT2D eigenvalue weighted by Gasteiger charge is -2.08. The number of ether oxygens (including phenoxy) is 2. The van der Waals surface area contributed by atoms with Crippen LogP contribution in [0.15, 0.2) is 84.9 Å². The molecule has 0 radical (unpaired) electrons. The molecule has 0 aromatic heterocycles. The third kappa shape index (κ3) is 6.42. The molecular formula is C30H18O10. The van der Waals surface area contributed by atoms with Crippen LogP contribution in [0.1, 0.15) is 52.6 Å². The van der Waals surface area contributed by atoms with Gasteiger partial charge in [0.05, 0.1) is 22.3 Å². The van der Waals surface area contributed by atoms with Crippen molar-refractivity contribution >= 4 is 23.9 Å². The van der Waals surface area contributed by atoms with Gasteiger partial charge in [0, 0.05) is 11.1 Å². The van der Waals surface area contributed by atoms with E-state index in [1.54, 1.807) is 48.5 Å². The molecule has 10 nitrogen and oxygen atoms in total. The summed E-state index contributed by atoms with van der Waals surface area (Å²) >= 11 is 0. The number of carbonyl (C=O) groups is 4. The topological polar surface area (TPSA) is 168 Å². The van der Waals surface area contributed by atoms with E-state index in [0.29, 0.717) is 22.6 Å². The van der Waals surface area contributed by atoms with Gasteiger partial charge in [-0.3, -0.25) is 0 Å². The van der Waals surface area contributed by atoms with E-state index >= 15 is 0 Å². The summed E-state index contributed by atoms with van der Waals surface area (Å²) in [6.07, 6.45) is 0. The fourth-order valence-corrected chi connectivity index (χ4v) is 3.53. The average molecular weight is 538 g/mol. The van der Waals surface area contributed by atoms with Gasteiger partial charge >= 0.3 is 23.9 Å². The molecule has 4 N–H and O–H groups in total. The second-order valence-corrected chi connectivity index (χ2v) is 8.14. The quantitative estimate of drug-likeness (QED) is 0.211. The smallest absolute Gasteiger partial charge is 0.336 e. The van der Waals surface area contributed by atoms with Crippen molar-refractivity contribution in [3.05, 3.63) is 118 Å². The first kappa shape index (κ1) is 27.0. The van der Waals surface area contributed by atoms with E-state index in [2.05, 4.69) is 11.8 Å². The Morgan fingerprint density at radius 2 is 0.725 bits per heavy atom. The first-order chi connectivity index (χ1) is 19.1. The van der Waals surface area contributed by atoms with Crippen molar-refractivity contribution in [3.63, 3.8) is 0 Å². The average Bonchev–Trinajstić information content (AvgIpc) is 2.93. The van der Waals surface area contributed by atoms with Crippen LogP contribution in [-0.2, 0) is 0 Å². The molecule has 10 heteroatoms. The summed E-state index contributed by atoms with van der Waals surface area (Å²) in [6, 6.07) is 20.7. The maximum atomic E-state index is 11.4. The lowest BCUT2D eigenvalue weighted by Crippen LogP contribution is -2.07. The highest BCUT2D eigenvalue weighted by molar-refractivity contribution is 6.02. The molecule has 0 aliphatic rings. The van der Waals surface area contributed by atoms with Gasteiger partial charge in [-0.05, 0) is 84.9 Å². The summed E-state index contributed by atoms with van der Waals surface area (Å²) in [6.45, 7) is 0. The van der Waals surface area contributed by atoms with Crippen LogP contribution in [0.2, 0.25) is 0 Å². The van der Waals surface area contributed by atoms with Crippen LogP contribution in [-0.4, -0.2) is 44.3 Å². The van der Waals surface area contributed by atoms with Gasteiger partial charge in [0.25, 0.3) is 0 Å². The van der Waals surface area contributed by atoms with Gasteiger partial charge in [0.15, 0.2) is 0 Å². The molecule has 4 aromatic rings. The predicted octanol–water partition coefficient (Wildman–Crippen LogP) is 5.46. The zero-order valence-electron chi connectivity index (χ0n) is 20.3. The van der Waals surface area contributed by atoms with Crippen LogP contribution >= 0.6 is 0 Å². The largest absolute Gasteiger partial charge is 0.478 e. The van der Waals surface area contributed by atoms with E-state index in [0.717, 1.165) is 12.1 Å². The molecule has 0 aliphatic heterocycles. The molecule has 198 valence electrons. The van der Waals surface area contributed by atoms with Crippen LogP contribution in [0.4, 0.5) is 0 Å². The van der Waals surface area contributed by atoms with Crippen molar-refractivity contribution in [1.29, 1.82) is 0 Å². The van der Waals surface area contributed by atoms with Crippen LogP contribution < -0.4 is 9.47 Å². The lowest BCUT2D eigenvalue weighted by molar-refractivity contribution is 0.0651. The molecule has 0 aliphatic carbocycles. The Kier molecular flexibility index (Phi) is 7.78. The Hall–Kier alpha value is -6.08. The maximum absolute atomic E-state index is 11.4. The minimum absolute atomic E-state index is 0.167. The minimum Gasteiger partial charge on any atom is -0.478 e. The summed E-state index contributed by atoms with van der Waals surface area (Å²) in [5.74, 6) is 1.65. The molecule has 4 aromatic carbocycles. The summed E-state index contributed by atoms with van der Waals surface area (Å²) in [7, 11) is 0. The molecule has 0 fully saturated rings. The van der Waals surface area contributed by atoms with Gasteiger partial charge in [-0.1, -0.05) is 11.8 Å². The number of hydrogen-bond acceptors (Lipinski definition) is 6. The molecule has 0 spiro atoms. The van der Waals surface area contributed by atoms with Gasteiger partial charge in [0.1, 0.15) is 23.0 Å². The van der Waals surface area contributed by atoms with Crippen molar-refractivity contribution in [2.24, 2.45) is 0 Å². The summed E-state index contributed by atoms with van der Waals surface area (Å²) in [4.78, 5) is 45.1. The number of carboxylic acid groups (broad SMARTS) is 4. The number of carboxylic acids is 4. The van der Waals surface area contributed by atoms with Crippen molar-refractivity contribution in [2.75, 3.05) is 0 Å². The first-order valence-corrected chi connectivity index (χ1v) is 11.4. The molecule has 0 unspecified atom stereocenters. The molecule has 0 bridgehead atoms. The summed E-state index contributed by atoms with van der Waals surface area (Å²) < 4.78 is 11.3. The van der Waals surface area contributed by atoms with Gasteiger partial charge in [-0.15, -0.1) is 0 Å². The minimum atomic E-state index is -1.38. The normalized spacial score (nSPS) is 10.1. The molecule has 4 rings (SSSR count). The third-order valence-corrected chi connectivity index (χ3v) is 5.43. The fourth-order valence-electron chi connectivity index (χ4n) is 3.53. The number of hydrogen-bond donors (Lipinski definition) is 4. The zero-order valence-corrected chi connectivity index (χ0v) is 20.3. The summed E-state index contributed by atoms with van der Waals surface area (Å²) in [5.41, 5.74) is -0.117. The highest BCUT2D eigenvalue weighted by Gasteiger charge is 2.18. The Morgan fingerprint density at radius 3 is 1.02 bits per heavy atom. The van der Waals surface area contributed by atoms with E-state index in [4.69, 9.17) is 19.7 Å². The summed E-state index contributed by atoms with van der Waals surface area (Å²) in [5, 5.41) is 36.8. The highest BCUT2D eigenvalue weighted by atomic mass is 16.5. The van der Waals surface area contributed by atoms with Gasteiger partial charge in [-0.25, -0.2) is 19.2 Å². The maximum Gasteiger partial charge on any atom is 0.336 e. The van der Waals surface area contributed by atoms with Crippen molar-refractivity contribution < 1.29 is 49.1 Å². The van der Waals surface area contributed by atoms with E-state index in [9.17, 15) is 29.4 Å². The SMILES string of the molecule is O=C(O)c1ccc(Oc2ccc(C#Cc3ccc(Oc4ccc(C(=O)O)c(C(=O)O)c4)cc3)cc2)cc1C(=O)O. The molecule has 0 heterocycles. The zero-order chi connectivity index (χ0) is 28.8. The Labute approximate surface area is 226 Å². The van der Waals surface area contributed by atoms with Gasteiger partial charge < -0.3 is 29.9 Å². The van der Waals surface area contributed by atoms with E-state index in [1.807, 2.05) is 0 Å². The van der Waals surface area contributed by atoms with Gasteiger partial charge in [0.2, 0.25) is 0 Å². The Morgan fingerprint density at radius 1 is 0.425 bits per heavy atom. The van der Waals surface area contributed by atoms with E-state index in [-0.39, 0.29) is 33.8 Å². The first-order valence-electron chi connectivity index (χ1n) is 11.4. The number of rotatable bonds is 8. The highest BCUT2D eigenvalue weighted by Crippen LogP contribution is 2.26. The molecule has 40 heavy (non-hydrogen) atoms. The molecule has 0 amide bonds. The molecule has 0 saturated heterocycles. The lowest BCUT2D eigenvalue weighted by atomic mass is 10.1. The molecule has 0 atom stereocenters. The standard InChI is InChI=1S/C30H18O10/c31-27(32)23-13-11-21(15-25(23)29(35)36)39-19-7-3-17(4-8-19)1-2-18-5-9-20(10-6-18)40-22-12-14-24(28(33)34)26(16-22)30(37)38/h3-16H,(H,31,32)(H,33,34)(H,35,36)(H,37,38). The second kappa shape index (κ2) is 11.5. The van der Waals surface area contributed by atoms with Crippen LogP contribution in [0.25, 0.3) is 0 Å². The fraction of sp³-hybridized carbons (Fsp3) is 0. The van der Waals surface area contributed by atoms with Crippen molar-refractivity contribution in [3.8, 4) is 34.8 Å². The Bertz CT molecular complexity index is 1570. The molecular weight excluding hydrogens is 520 g/mol. The third-order valence-electron chi connectivity index (χ3n) is 5.43. The van der Waals surface area contributed by atoms with Crippen LogP contribution in [0, 0.1) is 11.8 Å². The van der Waals surface area contributed by atoms with Crippen molar-refractivity contribution in [1.82, 2.24) is 0 Å². The van der Waals surface area contributed by atoms with E-state index < -0.39 is 23.9 Å². The second-order valence-electron chi connectivity index (χ2n) is 8.14. The van der Waals surface area contributed by atoms with Crippen molar-refractivity contribution in [2.45, 2.75) is 0 Å². The van der Waals surface area contributed by atoms with Gasteiger partial charge in [-0.2, -0.15) is 0 Å². The van der Waals surface area contributed by atoms with Crippen LogP contribution in [0.5, 0.6) is 23.0 Å². The van der Waals surface area contributed by atoms with Crippen LogP contribution in [0.3, 0.4) is 0 Å². The van der Waals surface area contributed by atoms with E-state index in [1.165, 1.54) is 24.3 Å². The molecule has 0 saturated carbocycles. The number of benzene rings is 4.